The summed E-state index contributed by atoms with van der Waals surface area (Å²) in [6, 6.07) is 64.2. The molecule has 0 bridgehead atoms. The molecule has 0 unspecified atom stereocenters. The Hall–Kier alpha value is -7.20. The van der Waals surface area contributed by atoms with Gasteiger partial charge < -0.3 is 9.47 Å². The predicted octanol–water partition coefficient (Wildman–Crippen LogP) is 15.6. The van der Waals surface area contributed by atoms with Crippen LogP contribution in [0, 0.1) is 0 Å². The Morgan fingerprint density at radius 2 is 0.947 bits per heavy atom. The third-order valence-corrected chi connectivity index (χ3v) is 12.1. The molecule has 0 amide bonds. The van der Waals surface area contributed by atoms with Crippen molar-refractivity contribution in [3.05, 3.63) is 218 Å². The summed E-state index contributed by atoms with van der Waals surface area (Å²) in [5.74, 6) is 0. The zero-order valence-electron chi connectivity index (χ0n) is 35.7. The fourth-order valence-electron chi connectivity index (χ4n) is 8.20. The van der Waals surface area contributed by atoms with Crippen LogP contribution in [0.3, 0.4) is 0 Å². The van der Waals surface area contributed by atoms with Gasteiger partial charge in [0, 0.05) is 53.7 Å². The summed E-state index contributed by atoms with van der Waals surface area (Å²) < 4.78 is 46.8. The first-order chi connectivity index (χ1) is 30.3. The molecule has 0 radical (unpaired) electrons. The van der Waals surface area contributed by atoms with Crippen molar-refractivity contribution in [1.29, 1.82) is 0 Å². The van der Waals surface area contributed by atoms with Crippen LogP contribution in [-0.2, 0) is 0 Å². The second-order valence-corrected chi connectivity index (χ2v) is 15.2. The van der Waals surface area contributed by atoms with E-state index in [1.165, 1.54) is 36.9 Å². The smallest absolute Gasteiger partial charge is 0.0645 e. The Labute approximate surface area is 342 Å². The molecule has 268 valence electrons. The van der Waals surface area contributed by atoms with E-state index in [1.807, 2.05) is 53.8 Å². The lowest BCUT2D eigenvalue weighted by Crippen LogP contribution is -2.09. The van der Waals surface area contributed by atoms with E-state index < -0.39 is 6.04 Å². The van der Waals surface area contributed by atoms with Gasteiger partial charge in [0.25, 0.3) is 0 Å². The van der Waals surface area contributed by atoms with Crippen molar-refractivity contribution in [3.8, 4) is 39.1 Å². The number of hydrogen-bond acceptors (Lipinski definition) is 2. The highest BCUT2D eigenvalue weighted by molar-refractivity contribution is 7.26. The zero-order valence-corrected chi connectivity index (χ0v) is 31.5. The minimum absolute atomic E-state index is 0.140. The maximum Gasteiger partial charge on any atom is 0.0645 e. The van der Waals surface area contributed by atoms with Crippen LogP contribution in [0.4, 0.5) is 17.1 Å². The largest absolute Gasteiger partial charge is 0.311 e. The molecule has 57 heavy (non-hydrogen) atoms. The van der Waals surface area contributed by atoms with Crippen LogP contribution in [-0.4, -0.2) is 4.57 Å². The SMILES string of the molecule is [2H]c1c([2H])c([2H])c(-n2c3ccccc3c3cc(-c4ccc(N(c5ccc(-c6ccccc6)cc5)c5ccc(-c6cccc7c6sc6ccccc67)cc5)cc4)ccc32)c([2H])c1[2H]. The Morgan fingerprint density at radius 3 is 1.67 bits per heavy atom. The highest BCUT2D eigenvalue weighted by Crippen LogP contribution is 2.42. The van der Waals surface area contributed by atoms with E-state index in [1.54, 1.807) is 4.57 Å². The number of rotatable bonds is 7. The quantitative estimate of drug-likeness (QED) is 0.158. The molecule has 11 aromatic rings. The first-order valence-electron chi connectivity index (χ1n) is 21.5. The molecule has 0 atom stereocenters. The predicted molar refractivity (Wildman–Crippen MR) is 245 cm³/mol. The topological polar surface area (TPSA) is 8.17 Å². The Kier molecular flexibility index (Phi) is 6.85. The monoisotopic (exact) mass is 749 g/mol. The molecule has 0 N–H and O–H groups in total. The van der Waals surface area contributed by atoms with Gasteiger partial charge >= 0.3 is 0 Å². The summed E-state index contributed by atoms with van der Waals surface area (Å²) in [7, 11) is 0. The van der Waals surface area contributed by atoms with Crippen LogP contribution < -0.4 is 4.90 Å². The molecule has 0 saturated carbocycles. The lowest BCUT2D eigenvalue weighted by atomic mass is 10.0. The summed E-state index contributed by atoms with van der Waals surface area (Å²) in [6.07, 6.45) is 0. The summed E-state index contributed by atoms with van der Waals surface area (Å²) >= 11 is 1.84. The van der Waals surface area contributed by atoms with Crippen molar-refractivity contribution in [2.24, 2.45) is 0 Å². The average molecular weight is 750 g/mol. The van der Waals surface area contributed by atoms with Crippen LogP contribution in [0.2, 0.25) is 0 Å². The van der Waals surface area contributed by atoms with Crippen LogP contribution in [0.1, 0.15) is 6.85 Å². The van der Waals surface area contributed by atoms with Crippen molar-refractivity contribution < 1.29 is 6.85 Å². The molecule has 0 fully saturated rings. The summed E-state index contributed by atoms with van der Waals surface area (Å²) in [6.45, 7) is 0. The number of aromatic nitrogens is 1. The van der Waals surface area contributed by atoms with Gasteiger partial charge in [0.2, 0.25) is 0 Å². The molecule has 0 aliphatic rings. The van der Waals surface area contributed by atoms with Gasteiger partial charge in [-0.3, -0.25) is 0 Å². The van der Waals surface area contributed by atoms with E-state index >= 15 is 0 Å². The number of thiophene rings is 1. The molecule has 2 heterocycles. The summed E-state index contributed by atoms with van der Waals surface area (Å²) in [5.41, 5.74) is 11.5. The van der Waals surface area contributed by atoms with E-state index in [0.29, 0.717) is 0 Å². The number of nitrogens with zero attached hydrogens (tertiary/aromatic N) is 2. The van der Waals surface area contributed by atoms with Crippen LogP contribution in [0.25, 0.3) is 81.0 Å². The number of hydrogen-bond donors (Lipinski definition) is 0. The number of fused-ring (bicyclic) bond motifs is 6. The van der Waals surface area contributed by atoms with Crippen molar-refractivity contribution in [2.75, 3.05) is 4.90 Å². The molecule has 11 rings (SSSR count). The van der Waals surface area contributed by atoms with Crippen molar-refractivity contribution in [3.63, 3.8) is 0 Å². The second kappa shape index (κ2) is 13.8. The third-order valence-electron chi connectivity index (χ3n) is 10.9. The van der Waals surface area contributed by atoms with Gasteiger partial charge in [-0.05, 0) is 106 Å². The lowest BCUT2D eigenvalue weighted by Gasteiger charge is -2.26. The number of anilines is 3. The van der Waals surface area contributed by atoms with Gasteiger partial charge in [-0.15, -0.1) is 11.3 Å². The third kappa shape index (κ3) is 5.80. The van der Waals surface area contributed by atoms with E-state index in [-0.39, 0.29) is 29.9 Å². The standard InChI is InChI=1S/C54H36N2S/c1-3-12-37(13-4-1)38-22-29-43(30-23-38)55(45-33-26-40(27-34-45)46-18-11-19-49-48-17-8-10-21-53(48)57-54(46)49)44-31-24-39(25-32-44)41-28-35-52-50(36-41)47-16-7-9-20-51(47)56(52)42-14-5-2-6-15-42/h1-36H/i2D,5D,6D,14D,15D. The van der Waals surface area contributed by atoms with Gasteiger partial charge in [-0.2, -0.15) is 0 Å². The fourth-order valence-corrected chi connectivity index (χ4v) is 9.44. The Morgan fingerprint density at radius 1 is 0.404 bits per heavy atom. The first-order valence-corrected chi connectivity index (χ1v) is 19.8. The van der Waals surface area contributed by atoms with Crippen LogP contribution in [0.5, 0.6) is 0 Å². The highest BCUT2D eigenvalue weighted by Gasteiger charge is 2.17. The van der Waals surface area contributed by atoms with Crippen molar-refractivity contribution >= 4 is 70.4 Å². The molecule has 3 heteroatoms. The van der Waals surface area contributed by atoms with Gasteiger partial charge in [0.05, 0.1) is 17.9 Å². The lowest BCUT2D eigenvalue weighted by molar-refractivity contribution is 1.18. The summed E-state index contributed by atoms with van der Waals surface area (Å²) in [4.78, 5) is 2.29. The molecule has 0 aliphatic heterocycles. The van der Waals surface area contributed by atoms with E-state index in [0.717, 1.165) is 55.6 Å². The summed E-state index contributed by atoms with van der Waals surface area (Å²) in [5, 5.41) is 4.44. The van der Waals surface area contributed by atoms with Gasteiger partial charge in [-0.25, -0.2) is 0 Å². The van der Waals surface area contributed by atoms with Gasteiger partial charge in [0.1, 0.15) is 0 Å². The van der Waals surface area contributed by atoms with Crippen LogP contribution >= 0.6 is 11.3 Å². The zero-order chi connectivity index (χ0) is 42.1. The maximum absolute atomic E-state index is 8.77. The molecule has 9 aromatic carbocycles. The molecule has 0 saturated heterocycles. The molecule has 2 aromatic heterocycles. The molecular weight excluding hydrogens is 709 g/mol. The molecule has 0 spiro atoms. The van der Waals surface area contributed by atoms with Crippen LogP contribution in [0.15, 0.2) is 218 Å². The Balaban J connectivity index is 0.990. The average Bonchev–Trinajstić information content (AvgIpc) is 3.87. The van der Waals surface area contributed by atoms with E-state index in [4.69, 9.17) is 6.85 Å². The molecule has 2 nitrogen and oxygen atoms in total. The van der Waals surface area contributed by atoms with Gasteiger partial charge in [0.15, 0.2) is 0 Å². The Bertz CT molecular complexity index is 3480. The number of benzene rings is 9. The van der Waals surface area contributed by atoms with E-state index in [2.05, 4.69) is 150 Å². The highest BCUT2D eigenvalue weighted by atomic mass is 32.1. The maximum atomic E-state index is 8.77. The number of para-hydroxylation sites is 2. The minimum atomic E-state index is -0.407. The minimum Gasteiger partial charge on any atom is -0.311 e. The van der Waals surface area contributed by atoms with Crippen molar-refractivity contribution in [1.82, 2.24) is 4.57 Å². The molecule has 0 aliphatic carbocycles. The second-order valence-electron chi connectivity index (χ2n) is 14.2. The van der Waals surface area contributed by atoms with Crippen molar-refractivity contribution in [2.45, 2.75) is 0 Å². The first kappa shape index (κ1) is 28.2. The normalized spacial score (nSPS) is 12.7. The fraction of sp³-hybridized carbons (Fsp3) is 0. The molecular formula is C54H36N2S. The van der Waals surface area contributed by atoms with Gasteiger partial charge in [-0.1, -0.05) is 146 Å². The van der Waals surface area contributed by atoms with E-state index in [9.17, 15) is 0 Å².